The van der Waals surface area contributed by atoms with E-state index in [0.717, 1.165) is 5.56 Å². The lowest BCUT2D eigenvalue weighted by atomic mass is 10.1. The third kappa shape index (κ3) is 0.886. The van der Waals surface area contributed by atoms with Gasteiger partial charge < -0.3 is 4.52 Å². The fourth-order valence-electron chi connectivity index (χ4n) is 0.455. The van der Waals surface area contributed by atoms with Gasteiger partial charge in [0.1, 0.15) is 0 Å². The lowest BCUT2D eigenvalue weighted by Gasteiger charge is -1.92. The highest BCUT2D eigenvalue weighted by Gasteiger charge is 1.99. The molecule has 2 nitrogen and oxygen atoms in total. The van der Waals surface area contributed by atoms with E-state index in [1.165, 1.54) is 0 Å². The highest BCUT2D eigenvalue weighted by Crippen LogP contribution is 2.10. The fourth-order valence-corrected chi connectivity index (χ4v) is 0.455. The van der Waals surface area contributed by atoms with Crippen molar-refractivity contribution in [2.75, 3.05) is 0 Å². The quantitative estimate of drug-likeness (QED) is 0.548. The van der Waals surface area contributed by atoms with Gasteiger partial charge in [-0.15, -0.1) is 0 Å². The van der Waals surface area contributed by atoms with Crippen molar-refractivity contribution in [1.82, 2.24) is 5.16 Å². The monoisotopic (exact) mass is 110 g/mol. The summed E-state index contributed by atoms with van der Waals surface area (Å²) in [5, 5.41) is 3.51. The van der Waals surface area contributed by atoms with Gasteiger partial charge in [-0.05, 0) is 5.92 Å². The van der Waals surface area contributed by atoms with Crippen molar-refractivity contribution in [3.8, 4) is 0 Å². The lowest BCUT2D eigenvalue weighted by Crippen LogP contribution is -1.80. The van der Waals surface area contributed by atoms with Crippen molar-refractivity contribution >= 4 is 0 Å². The molecule has 0 aliphatic rings. The topological polar surface area (TPSA) is 26.0 Å². The molecule has 0 fully saturated rings. The van der Waals surface area contributed by atoms with Gasteiger partial charge >= 0.3 is 0 Å². The van der Waals surface area contributed by atoms with Gasteiger partial charge in [0.15, 0.2) is 0 Å². The van der Waals surface area contributed by atoms with Crippen LogP contribution in [0.15, 0.2) is 10.7 Å². The SMILES string of the molecule is CC(C)c1[c]onc1. The molecule has 43 valence electrons. The van der Waals surface area contributed by atoms with E-state index >= 15 is 0 Å². The zero-order chi connectivity index (χ0) is 5.98. The summed E-state index contributed by atoms with van der Waals surface area (Å²) in [5.41, 5.74) is 1.03. The summed E-state index contributed by atoms with van der Waals surface area (Å²) >= 11 is 0. The molecular weight excluding hydrogens is 102 g/mol. The molecule has 0 aliphatic carbocycles. The normalized spacial score (nSPS) is 10.4. The molecule has 0 unspecified atom stereocenters. The van der Waals surface area contributed by atoms with Crippen LogP contribution in [-0.2, 0) is 0 Å². The first-order valence-electron chi connectivity index (χ1n) is 2.63. The Hall–Kier alpha value is -0.790. The van der Waals surface area contributed by atoms with Crippen LogP contribution in [0.3, 0.4) is 0 Å². The molecular formula is C6H8NO. The van der Waals surface area contributed by atoms with Gasteiger partial charge in [-0.1, -0.05) is 19.0 Å². The van der Waals surface area contributed by atoms with E-state index in [1.54, 1.807) is 6.20 Å². The second kappa shape index (κ2) is 1.99. The molecule has 1 aromatic heterocycles. The molecule has 0 amide bonds. The number of rotatable bonds is 1. The minimum Gasteiger partial charge on any atom is -0.353 e. The summed E-state index contributed by atoms with van der Waals surface area (Å²) in [6, 6.07) is 0. The van der Waals surface area contributed by atoms with Gasteiger partial charge in [0.2, 0.25) is 6.26 Å². The van der Waals surface area contributed by atoms with Crippen LogP contribution in [0.5, 0.6) is 0 Å². The lowest BCUT2D eigenvalue weighted by molar-refractivity contribution is 0.411. The number of nitrogens with zero attached hydrogens (tertiary/aromatic N) is 1. The van der Waals surface area contributed by atoms with Crippen molar-refractivity contribution in [1.29, 1.82) is 0 Å². The van der Waals surface area contributed by atoms with E-state index in [0.29, 0.717) is 5.92 Å². The standard InChI is InChI=1S/C6H8NO/c1-5(2)6-3-7-8-4-6/h3,5H,1-2H3. The fraction of sp³-hybridized carbons (Fsp3) is 0.500. The van der Waals surface area contributed by atoms with Crippen LogP contribution in [0.4, 0.5) is 0 Å². The molecule has 0 atom stereocenters. The average Bonchev–Trinajstić information content (AvgIpc) is 2.12. The first-order valence-corrected chi connectivity index (χ1v) is 2.63. The third-order valence-electron chi connectivity index (χ3n) is 1.03. The second-order valence-corrected chi connectivity index (χ2v) is 2.04. The van der Waals surface area contributed by atoms with Crippen molar-refractivity contribution in [2.45, 2.75) is 19.8 Å². The van der Waals surface area contributed by atoms with E-state index in [-0.39, 0.29) is 0 Å². The molecule has 0 N–H and O–H groups in total. The zero-order valence-electron chi connectivity index (χ0n) is 5.01. The smallest absolute Gasteiger partial charge is 0.208 e. The molecule has 0 saturated carbocycles. The minimum absolute atomic E-state index is 0.473. The minimum atomic E-state index is 0.473. The Morgan fingerprint density at radius 1 is 1.75 bits per heavy atom. The molecule has 8 heavy (non-hydrogen) atoms. The highest BCUT2D eigenvalue weighted by atomic mass is 16.5. The van der Waals surface area contributed by atoms with Gasteiger partial charge in [-0.2, -0.15) is 0 Å². The van der Waals surface area contributed by atoms with E-state index < -0.39 is 0 Å². The van der Waals surface area contributed by atoms with Gasteiger partial charge in [0.25, 0.3) is 0 Å². The van der Waals surface area contributed by atoms with Crippen LogP contribution < -0.4 is 0 Å². The molecule has 0 spiro atoms. The molecule has 0 saturated heterocycles. The maximum atomic E-state index is 4.50. The van der Waals surface area contributed by atoms with Crippen LogP contribution in [-0.4, -0.2) is 5.16 Å². The number of hydrogen-bond acceptors (Lipinski definition) is 2. The van der Waals surface area contributed by atoms with E-state index in [2.05, 4.69) is 29.8 Å². The molecule has 1 aromatic rings. The maximum absolute atomic E-state index is 4.50. The summed E-state index contributed by atoms with van der Waals surface area (Å²) in [4.78, 5) is 0. The van der Waals surface area contributed by atoms with Crippen LogP contribution in [0.25, 0.3) is 0 Å². The Bertz CT molecular complexity index is 144. The second-order valence-electron chi connectivity index (χ2n) is 2.04. The Morgan fingerprint density at radius 2 is 2.50 bits per heavy atom. The number of hydrogen-bond donors (Lipinski definition) is 0. The molecule has 0 aliphatic heterocycles. The van der Waals surface area contributed by atoms with Crippen molar-refractivity contribution in [3.63, 3.8) is 0 Å². The highest BCUT2D eigenvalue weighted by molar-refractivity contribution is 5.03. The third-order valence-corrected chi connectivity index (χ3v) is 1.03. The van der Waals surface area contributed by atoms with Crippen LogP contribution in [0, 0.1) is 6.26 Å². The van der Waals surface area contributed by atoms with Crippen LogP contribution >= 0.6 is 0 Å². The Morgan fingerprint density at radius 3 is 2.75 bits per heavy atom. The molecule has 1 rings (SSSR count). The molecule has 1 heterocycles. The molecule has 1 radical (unpaired) electrons. The van der Waals surface area contributed by atoms with Gasteiger partial charge in [0, 0.05) is 5.56 Å². The summed E-state index contributed by atoms with van der Waals surface area (Å²) in [6.07, 6.45) is 4.34. The van der Waals surface area contributed by atoms with Crippen molar-refractivity contribution in [2.24, 2.45) is 0 Å². The summed E-state index contributed by atoms with van der Waals surface area (Å²) in [5.74, 6) is 0.473. The van der Waals surface area contributed by atoms with Crippen LogP contribution in [0.2, 0.25) is 0 Å². The zero-order valence-corrected chi connectivity index (χ0v) is 5.01. The predicted molar refractivity (Wildman–Crippen MR) is 29.4 cm³/mol. The summed E-state index contributed by atoms with van der Waals surface area (Å²) < 4.78 is 4.50. The number of aromatic nitrogens is 1. The maximum Gasteiger partial charge on any atom is 0.208 e. The average molecular weight is 110 g/mol. The predicted octanol–water partition coefficient (Wildman–Crippen LogP) is 1.60. The van der Waals surface area contributed by atoms with E-state index in [4.69, 9.17) is 0 Å². The van der Waals surface area contributed by atoms with Gasteiger partial charge in [0.05, 0.1) is 6.20 Å². The molecule has 2 heteroatoms. The van der Waals surface area contributed by atoms with E-state index in [9.17, 15) is 0 Å². The first-order chi connectivity index (χ1) is 3.80. The Balaban J connectivity index is 2.77. The van der Waals surface area contributed by atoms with Gasteiger partial charge in [-0.3, -0.25) is 0 Å². The van der Waals surface area contributed by atoms with Crippen molar-refractivity contribution < 1.29 is 4.52 Å². The van der Waals surface area contributed by atoms with E-state index in [1.807, 2.05) is 0 Å². The molecule has 0 bridgehead atoms. The first kappa shape index (κ1) is 5.35. The van der Waals surface area contributed by atoms with Crippen LogP contribution in [0.1, 0.15) is 25.3 Å². The molecule has 0 aromatic carbocycles. The Kier molecular flexibility index (Phi) is 1.33. The van der Waals surface area contributed by atoms with Crippen molar-refractivity contribution in [3.05, 3.63) is 18.0 Å². The summed E-state index contributed by atoms with van der Waals surface area (Å²) in [6.45, 7) is 4.14. The largest absolute Gasteiger partial charge is 0.353 e. The summed E-state index contributed by atoms with van der Waals surface area (Å²) in [7, 11) is 0. The Labute approximate surface area is 48.5 Å². The van der Waals surface area contributed by atoms with Gasteiger partial charge in [-0.25, -0.2) is 0 Å².